The summed E-state index contributed by atoms with van der Waals surface area (Å²) < 4.78 is 5.51. The number of benzene rings is 2. The van der Waals surface area contributed by atoms with E-state index in [2.05, 4.69) is 16.0 Å². The summed E-state index contributed by atoms with van der Waals surface area (Å²) in [6.45, 7) is 1.24. The van der Waals surface area contributed by atoms with Crippen molar-refractivity contribution in [2.24, 2.45) is 0 Å². The summed E-state index contributed by atoms with van der Waals surface area (Å²) in [5.74, 6) is -0.553. The highest BCUT2D eigenvalue weighted by atomic mass is 35.5. The third kappa shape index (κ3) is 6.95. The van der Waals surface area contributed by atoms with Crippen LogP contribution in [0.5, 0.6) is 0 Å². The average molecular weight is 444 g/mol. The van der Waals surface area contributed by atoms with Gasteiger partial charge in [-0.3, -0.25) is 14.9 Å². The number of nitrogens with one attached hydrogen (secondary N) is 3. The quantitative estimate of drug-likeness (QED) is 0.467. The monoisotopic (exact) mass is 443 g/mol. The van der Waals surface area contributed by atoms with Crippen LogP contribution >= 0.6 is 23.8 Å². The molecule has 0 spiro atoms. The van der Waals surface area contributed by atoms with Gasteiger partial charge >= 0.3 is 0 Å². The molecule has 156 valence electrons. The first-order valence-corrected chi connectivity index (χ1v) is 10.3. The Morgan fingerprint density at radius 3 is 2.73 bits per heavy atom. The zero-order valence-corrected chi connectivity index (χ0v) is 17.8. The summed E-state index contributed by atoms with van der Waals surface area (Å²) >= 11 is 11.0. The smallest absolute Gasteiger partial charge is 0.251 e. The summed E-state index contributed by atoms with van der Waals surface area (Å²) in [5.41, 5.74) is 1.94. The summed E-state index contributed by atoms with van der Waals surface area (Å²) in [4.78, 5) is 24.4. The third-order valence-corrected chi connectivity index (χ3v) is 4.89. The van der Waals surface area contributed by atoms with Crippen molar-refractivity contribution in [2.75, 3.05) is 18.5 Å². The van der Waals surface area contributed by atoms with Gasteiger partial charge in [0, 0.05) is 35.5 Å². The summed E-state index contributed by atoms with van der Waals surface area (Å²) in [5, 5.41) is 9.13. The summed E-state index contributed by atoms with van der Waals surface area (Å²) in [6, 6.07) is 14.0. The molecular weight excluding hydrogens is 422 g/mol. The van der Waals surface area contributed by atoms with E-state index in [-0.39, 0.29) is 23.0 Å². The van der Waals surface area contributed by atoms with Gasteiger partial charge in [0.05, 0.1) is 6.10 Å². The second-order valence-corrected chi connectivity index (χ2v) is 7.60. The fourth-order valence-electron chi connectivity index (χ4n) is 2.91. The number of halogens is 1. The van der Waals surface area contributed by atoms with E-state index in [0.29, 0.717) is 22.8 Å². The number of amides is 2. The molecule has 6 nitrogen and oxygen atoms in total. The molecular formula is C22H22ClN3O3S. The van der Waals surface area contributed by atoms with Crippen LogP contribution in [0.1, 0.15) is 28.8 Å². The highest BCUT2D eigenvalue weighted by molar-refractivity contribution is 7.80. The van der Waals surface area contributed by atoms with Gasteiger partial charge in [-0.15, -0.1) is 0 Å². The number of carbonyl (C=O) groups is 2. The Balaban J connectivity index is 1.49. The molecule has 1 aliphatic rings. The van der Waals surface area contributed by atoms with Gasteiger partial charge in [-0.1, -0.05) is 29.8 Å². The van der Waals surface area contributed by atoms with E-state index in [1.165, 1.54) is 6.08 Å². The van der Waals surface area contributed by atoms with Crippen molar-refractivity contribution in [2.45, 2.75) is 18.9 Å². The van der Waals surface area contributed by atoms with Gasteiger partial charge in [0.25, 0.3) is 5.91 Å². The molecule has 2 aromatic carbocycles. The zero-order chi connectivity index (χ0) is 21.3. The topological polar surface area (TPSA) is 79.5 Å². The van der Waals surface area contributed by atoms with Crippen LogP contribution < -0.4 is 16.0 Å². The largest absolute Gasteiger partial charge is 0.376 e. The second-order valence-electron chi connectivity index (χ2n) is 6.75. The van der Waals surface area contributed by atoms with E-state index in [1.54, 1.807) is 54.6 Å². The van der Waals surface area contributed by atoms with Crippen molar-refractivity contribution in [3.63, 3.8) is 0 Å². The molecule has 1 unspecified atom stereocenters. The maximum absolute atomic E-state index is 12.3. The Bertz CT molecular complexity index is 941. The van der Waals surface area contributed by atoms with E-state index in [4.69, 9.17) is 28.6 Å². The molecule has 0 saturated carbocycles. The van der Waals surface area contributed by atoms with E-state index in [0.717, 1.165) is 25.0 Å². The van der Waals surface area contributed by atoms with Crippen molar-refractivity contribution < 1.29 is 14.3 Å². The summed E-state index contributed by atoms with van der Waals surface area (Å²) in [6.07, 6.45) is 5.11. The standard InChI is InChI=1S/C22H22ClN3O3S/c23-17-9-6-15(7-10-17)8-11-20(27)26-22(30)25-18-4-1-3-16(13-18)21(28)24-14-19-5-2-12-29-19/h1,3-4,6-11,13,19H,2,5,12,14H2,(H,24,28)(H2,25,26,27,30)/b11-8+. The molecule has 0 radical (unpaired) electrons. The van der Waals surface area contributed by atoms with Gasteiger partial charge in [0.1, 0.15) is 0 Å². The third-order valence-electron chi connectivity index (χ3n) is 4.43. The van der Waals surface area contributed by atoms with Crippen LogP contribution in [0.3, 0.4) is 0 Å². The van der Waals surface area contributed by atoms with Gasteiger partial charge in [-0.25, -0.2) is 0 Å². The van der Waals surface area contributed by atoms with Crippen molar-refractivity contribution in [3.05, 3.63) is 70.8 Å². The molecule has 3 rings (SSSR count). The lowest BCUT2D eigenvalue weighted by Crippen LogP contribution is -2.33. The molecule has 30 heavy (non-hydrogen) atoms. The predicted molar refractivity (Wildman–Crippen MR) is 123 cm³/mol. The van der Waals surface area contributed by atoms with Gasteiger partial charge in [0.2, 0.25) is 5.91 Å². The molecule has 0 aliphatic carbocycles. The molecule has 2 aromatic rings. The normalized spacial score (nSPS) is 15.7. The Kier molecular flexibility index (Phi) is 7.96. The van der Waals surface area contributed by atoms with Gasteiger partial charge < -0.3 is 15.4 Å². The number of carbonyl (C=O) groups excluding carboxylic acids is 2. The molecule has 0 aromatic heterocycles. The molecule has 2 amide bonds. The fraction of sp³-hybridized carbons (Fsp3) is 0.227. The van der Waals surface area contributed by atoms with Crippen molar-refractivity contribution in [1.29, 1.82) is 0 Å². The highest BCUT2D eigenvalue weighted by Crippen LogP contribution is 2.13. The lowest BCUT2D eigenvalue weighted by Gasteiger charge is -2.12. The van der Waals surface area contributed by atoms with Gasteiger partial charge in [-0.2, -0.15) is 0 Å². The molecule has 8 heteroatoms. The van der Waals surface area contributed by atoms with Crippen molar-refractivity contribution in [3.8, 4) is 0 Å². The van der Waals surface area contributed by atoms with Crippen molar-refractivity contribution >= 4 is 52.5 Å². The minimum atomic E-state index is -0.368. The van der Waals surface area contributed by atoms with Gasteiger partial charge in [-0.05, 0) is 67.0 Å². The Morgan fingerprint density at radius 2 is 2.00 bits per heavy atom. The number of hydrogen-bond donors (Lipinski definition) is 3. The number of ether oxygens (including phenoxy) is 1. The van der Waals surface area contributed by atoms with E-state index >= 15 is 0 Å². The molecule has 3 N–H and O–H groups in total. The number of thiocarbonyl (C=S) groups is 1. The zero-order valence-electron chi connectivity index (χ0n) is 16.2. The maximum Gasteiger partial charge on any atom is 0.251 e. The van der Waals surface area contributed by atoms with E-state index < -0.39 is 0 Å². The van der Waals surface area contributed by atoms with Crippen LogP contribution in [0.25, 0.3) is 6.08 Å². The van der Waals surface area contributed by atoms with Crippen LogP contribution in [0.4, 0.5) is 5.69 Å². The molecule has 1 saturated heterocycles. The fourth-order valence-corrected chi connectivity index (χ4v) is 3.26. The number of anilines is 1. The first-order chi connectivity index (χ1) is 14.5. The number of hydrogen-bond acceptors (Lipinski definition) is 4. The SMILES string of the molecule is O=C(/C=C/c1ccc(Cl)cc1)NC(=S)Nc1cccc(C(=O)NCC2CCCO2)c1. The average Bonchev–Trinajstić information content (AvgIpc) is 3.25. The molecule has 1 fully saturated rings. The Morgan fingerprint density at radius 1 is 1.20 bits per heavy atom. The molecule has 1 heterocycles. The second kappa shape index (κ2) is 10.9. The van der Waals surface area contributed by atoms with Crippen molar-refractivity contribution in [1.82, 2.24) is 10.6 Å². The summed E-state index contributed by atoms with van der Waals surface area (Å²) in [7, 11) is 0. The molecule has 0 bridgehead atoms. The molecule has 1 aliphatic heterocycles. The minimum Gasteiger partial charge on any atom is -0.376 e. The van der Waals surface area contributed by atoms with Crippen LogP contribution in [0.15, 0.2) is 54.6 Å². The Labute approximate surface area is 185 Å². The van der Waals surface area contributed by atoms with Crippen LogP contribution in [-0.4, -0.2) is 36.2 Å². The van der Waals surface area contributed by atoms with Crippen LogP contribution in [0, 0.1) is 0 Å². The van der Waals surface area contributed by atoms with Crippen LogP contribution in [0.2, 0.25) is 5.02 Å². The highest BCUT2D eigenvalue weighted by Gasteiger charge is 2.16. The lowest BCUT2D eigenvalue weighted by molar-refractivity contribution is -0.115. The minimum absolute atomic E-state index is 0.0824. The Hall–Kier alpha value is -2.74. The van der Waals surface area contributed by atoms with E-state index in [9.17, 15) is 9.59 Å². The van der Waals surface area contributed by atoms with E-state index in [1.807, 2.05) is 0 Å². The lowest BCUT2D eigenvalue weighted by atomic mass is 10.1. The number of rotatable bonds is 6. The predicted octanol–water partition coefficient (Wildman–Crippen LogP) is 3.78. The maximum atomic E-state index is 12.3. The first kappa shape index (κ1) is 22.0. The molecule has 1 atom stereocenters. The van der Waals surface area contributed by atoms with Crippen LogP contribution in [-0.2, 0) is 9.53 Å². The first-order valence-electron chi connectivity index (χ1n) is 9.55. The van der Waals surface area contributed by atoms with Gasteiger partial charge in [0.15, 0.2) is 5.11 Å².